The lowest BCUT2D eigenvalue weighted by Crippen LogP contribution is -1.63. The zero-order valence-electron chi connectivity index (χ0n) is 6.10. The second-order valence-corrected chi connectivity index (χ2v) is 1.93. The van der Waals surface area contributed by atoms with Crippen molar-refractivity contribution in [1.82, 2.24) is 0 Å². The van der Waals surface area contributed by atoms with E-state index in [0.29, 0.717) is 0 Å². The molecule has 2 nitrogen and oxygen atoms in total. The Balaban J connectivity index is 0.000000292. The Bertz CT molecular complexity index is 209. The zero-order valence-corrected chi connectivity index (χ0v) is 7.26. The second kappa shape index (κ2) is 7.26. The van der Waals surface area contributed by atoms with Crippen molar-refractivity contribution >= 4 is 14.8 Å². The van der Waals surface area contributed by atoms with Gasteiger partial charge in [-0.3, -0.25) is 4.57 Å². The van der Waals surface area contributed by atoms with E-state index in [1.807, 2.05) is 36.4 Å². The van der Waals surface area contributed by atoms with Crippen LogP contribution in [0, 0.1) is 0 Å². The lowest BCUT2D eigenvalue weighted by molar-refractivity contribution is 0.524. The summed E-state index contributed by atoms with van der Waals surface area (Å²) >= 11 is 0. The van der Waals surface area contributed by atoms with Gasteiger partial charge in [0.2, 0.25) is 0 Å². The molecule has 0 aromatic heterocycles. The van der Waals surface area contributed by atoms with Crippen LogP contribution in [0.4, 0.5) is 0 Å². The van der Waals surface area contributed by atoms with E-state index >= 15 is 0 Å². The molecule has 11 heavy (non-hydrogen) atoms. The molecular formula is C8H11O2P. The van der Waals surface area contributed by atoms with Crippen LogP contribution in [0.5, 0.6) is 0 Å². The summed E-state index contributed by atoms with van der Waals surface area (Å²) in [5.41, 5.74) is 1.17. The molecule has 1 unspecified atom stereocenters. The fraction of sp³-hybridized carbons (Fsp3) is 0. The van der Waals surface area contributed by atoms with Crippen LogP contribution in [0.25, 0.3) is 6.08 Å². The highest BCUT2D eigenvalue weighted by molar-refractivity contribution is 7.16. The average Bonchev–Trinajstić information content (AvgIpc) is 2.08. The number of hydrogen-bond donors (Lipinski definition) is 1. The van der Waals surface area contributed by atoms with Crippen LogP contribution in [0.1, 0.15) is 5.56 Å². The van der Waals surface area contributed by atoms with Gasteiger partial charge in [-0.2, -0.15) is 0 Å². The van der Waals surface area contributed by atoms with Crippen LogP contribution in [0.3, 0.4) is 0 Å². The van der Waals surface area contributed by atoms with Crippen LogP contribution < -0.4 is 0 Å². The molecule has 1 atom stereocenters. The van der Waals surface area contributed by atoms with Crippen molar-refractivity contribution in [2.75, 3.05) is 0 Å². The van der Waals surface area contributed by atoms with E-state index in [1.165, 1.54) is 5.56 Å². The van der Waals surface area contributed by atoms with Gasteiger partial charge in [0.1, 0.15) is 0 Å². The third-order valence-corrected chi connectivity index (χ3v) is 1.04. The third kappa shape index (κ3) is 5.59. The Kier molecular flexibility index (Phi) is 6.70. The predicted molar refractivity (Wildman–Crippen MR) is 49.1 cm³/mol. The summed E-state index contributed by atoms with van der Waals surface area (Å²) in [5.74, 6) is 0. The Morgan fingerprint density at radius 2 is 1.82 bits per heavy atom. The van der Waals surface area contributed by atoms with Crippen LogP contribution in [-0.4, -0.2) is 4.89 Å². The van der Waals surface area contributed by atoms with E-state index in [4.69, 9.17) is 9.46 Å². The molecule has 0 aliphatic rings. The molecule has 0 saturated heterocycles. The first kappa shape index (κ1) is 10.2. The first-order valence-electron chi connectivity index (χ1n) is 3.10. The van der Waals surface area contributed by atoms with Crippen molar-refractivity contribution in [1.29, 1.82) is 0 Å². The zero-order chi connectivity index (χ0) is 8.53. The van der Waals surface area contributed by atoms with Crippen molar-refractivity contribution < 1.29 is 9.46 Å². The van der Waals surface area contributed by atoms with E-state index in [0.717, 1.165) is 0 Å². The maximum Gasteiger partial charge on any atom is 0.177 e. The SMILES string of the molecule is C=Cc1ccccc1.O=[PH2]O. The molecule has 1 aromatic carbocycles. The Morgan fingerprint density at radius 1 is 1.36 bits per heavy atom. The second-order valence-electron chi connectivity index (χ2n) is 1.72. The third-order valence-electron chi connectivity index (χ3n) is 1.04. The molecule has 1 aromatic rings. The summed E-state index contributed by atoms with van der Waals surface area (Å²) in [6.45, 7) is 3.63. The maximum atomic E-state index is 8.57. The van der Waals surface area contributed by atoms with E-state index < -0.39 is 8.69 Å². The van der Waals surface area contributed by atoms with Crippen LogP contribution in [0.2, 0.25) is 0 Å². The summed E-state index contributed by atoms with van der Waals surface area (Å²) in [5, 5.41) is 0. The van der Waals surface area contributed by atoms with E-state index in [-0.39, 0.29) is 0 Å². The minimum absolute atomic E-state index is 1.17. The molecule has 0 bridgehead atoms. The first-order chi connectivity index (χ1) is 5.35. The fourth-order valence-electron chi connectivity index (χ4n) is 0.589. The van der Waals surface area contributed by atoms with Gasteiger partial charge >= 0.3 is 0 Å². The van der Waals surface area contributed by atoms with Crippen molar-refractivity contribution in [2.45, 2.75) is 0 Å². The molecule has 60 valence electrons. The average molecular weight is 170 g/mol. The molecule has 0 amide bonds. The summed E-state index contributed by atoms with van der Waals surface area (Å²) in [7, 11) is -1.50. The van der Waals surface area contributed by atoms with Crippen molar-refractivity contribution in [3.63, 3.8) is 0 Å². The number of rotatable bonds is 1. The summed E-state index contributed by atoms with van der Waals surface area (Å²) in [6, 6.07) is 10.0. The lowest BCUT2D eigenvalue weighted by atomic mass is 10.2. The molecule has 0 aliphatic carbocycles. The topological polar surface area (TPSA) is 37.3 Å². The molecule has 0 spiro atoms. The fourth-order valence-corrected chi connectivity index (χ4v) is 0.589. The van der Waals surface area contributed by atoms with Crippen molar-refractivity contribution in [2.24, 2.45) is 0 Å². The first-order valence-corrected chi connectivity index (χ1v) is 4.09. The summed E-state index contributed by atoms with van der Waals surface area (Å²) in [6.07, 6.45) is 1.83. The molecule has 0 fully saturated rings. The van der Waals surface area contributed by atoms with Crippen molar-refractivity contribution in [3.05, 3.63) is 42.5 Å². The molecule has 1 rings (SSSR count). The quantitative estimate of drug-likeness (QED) is 0.654. The Labute approximate surface area is 67.5 Å². The maximum absolute atomic E-state index is 8.57. The molecule has 1 N–H and O–H groups in total. The van der Waals surface area contributed by atoms with Gasteiger partial charge in [-0.1, -0.05) is 43.0 Å². The number of hydrogen-bond acceptors (Lipinski definition) is 1. The summed E-state index contributed by atoms with van der Waals surface area (Å²) in [4.78, 5) is 7.10. The molecule has 0 heterocycles. The van der Waals surface area contributed by atoms with Gasteiger partial charge < -0.3 is 4.89 Å². The van der Waals surface area contributed by atoms with E-state index in [2.05, 4.69) is 6.58 Å². The molecule has 3 heteroatoms. The highest BCUT2D eigenvalue weighted by Crippen LogP contribution is 1.97. The Morgan fingerprint density at radius 3 is 2.09 bits per heavy atom. The monoisotopic (exact) mass is 170 g/mol. The van der Waals surface area contributed by atoms with E-state index in [9.17, 15) is 0 Å². The van der Waals surface area contributed by atoms with Gasteiger partial charge in [0.05, 0.1) is 0 Å². The minimum Gasteiger partial charge on any atom is -0.348 e. The molecule has 0 saturated carbocycles. The van der Waals surface area contributed by atoms with E-state index in [1.54, 1.807) is 0 Å². The highest BCUT2D eigenvalue weighted by atomic mass is 31.1. The smallest absolute Gasteiger partial charge is 0.177 e. The number of benzene rings is 1. The molecular weight excluding hydrogens is 159 g/mol. The normalized spacial score (nSPS) is 8.82. The van der Waals surface area contributed by atoms with Crippen molar-refractivity contribution in [3.8, 4) is 0 Å². The summed E-state index contributed by atoms with van der Waals surface area (Å²) < 4.78 is 8.57. The van der Waals surface area contributed by atoms with Gasteiger partial charge in [0.25, 0.3) is 0 Å². The van der Waals surface area contributed by atoms with Gasteiger partial charge in [-0.25, -0.2) is 0 Å². The van der Waals surface area contributed by atoms with Crippen LogP contribution in [0.15, 0.2) is 36.9 Å². The highest BCUT2D eigenvalue weighted by Gasteiger charge is 1.75. The van der Waals surface area contributed by atoms with Gasteiger partial charge in [0, 0.05) is 0 Å². The van der Waals surface area contributed by atoms with Crippen LogP contribution >= 0.6 is 8.69 Å². The standard InChI is InChI=1S/C8H8.H3O2P/c1-2-8-6-4-3-5-7-8;1-3-2/h2-7H,1H2;3H2,(H,1,2). The lowest BCUT2D eigenvalue weighted by Gasteiger charge is -1.85. The predicted octanol–water partition coefficient (Wildman–Crippen LogP) is 1.98. The minimum atomic E-state index is -1.50. The van der Waals surface area contributed by atoms with Crippen LogP contribution in [-0.2, 0) is 4.57 Å². The van der Waals surface area contributed by atoms with Gasteiger partial charge in [-0.05, 0) is 5.56 Å². The van der Waals surface area contributed by atoms with Gasteiger partial charge in [0.15, 0.2) is 8.69 Å². The molecule has 0 aliphatic heterocycles. The van der Waals surface area contributed by atoms with Gasteiger partial charge in [-0.15, -0.1) is 0 Å². The molecule has 0 radical (unpaired) electrons. The Hall–Kier alpha value is -0.850. The largest absolute Gasteiger partial charge is 0.348 e.